The van der Waals surface area contributed by atoms with E-state index in [2.05, 4.69) is 17.0 Å². The fourth-order valence-electron chi connectivity index (χ4n) is 0.534. The van der Waals surface area contributed by atoms with Crippen molar-refractivity contribution in [2.75, 3.05) is 5.43 Å². The maximum Gasteiger partial charge on any atom is 0.326 e. The molecule has 0 spiro atoms. The minimum atomic E-state index is -0.718. The van der Waals surface area contributed by atoms with Gasteiger partial charge in [-0.3, -0.25) is 11.3 Å². The van der Waals surface area contributed by atoms with Gasteiger partial charge in [-0.1, -0.05) is 18.2 Å². The fraction of sp³-hybridized carbons (Fsp3) is 0. The van der Waals surface area contributed by atoms with Crippen molar-refractivity contribution in [1.29, 1.82) is 0 Å². The van der Waals surface area contributed by atoms with E-state index in [1.54, 1.807) is 5.43 Å². The molecule has 0 bridgehead atoms. The van der Waals surface area contributed by atoms with Crippen LogP contribution in [0.4, 0.5) is 10.5 Å². The second kappa shape index (κ2) is 6.89. The predicted octanol–water partition coefficient (Wildman–Crippen LogP) is -0.499. The van der Waals surface area contributed by atoms with Crippen molar-refractivity contribution in [3.05, 3.63) is 30.3 Å². The van der Waals surface area contributed by atoms with Crippen LogP contribution in [0.1, 0.15) is 0 Å². The topological polar surface area (TPSA) is 119 Å². The second-order valence-electron chi connectivity index (χ2n) is 2.02. The highest BCUT2D eigenvalue weighted by atomic mass is 16.2. The molecule has 0 unspecified atom stereocenters. The van der Waals surface area contributed by atoms with E-state index in [0.717, 1.165) is 5.69 Å². The van der Waals surface area contributed by atoms with Crippen LogP contribution in [0, 0.1) is 0 Å². The van der Waals surface area contributed by atoms with E-state index in [4.69, 9.17) is 5.84 Å². The zero-order valence-electron chi connectivity index (χ0n) is 7.03. The second-order valence-corrected chi connectivity index (χ2v) is 2.02. The summed E-state index contributed by atoms with van der Waals surface area (Å²) >= 11 is 0. The number of hydrogen-bond acceptors (Lipinski definition) is 4. The molecule has 0 radical (unpaired) electrons. The molecular weight excluding hydrogens is 170 g/mol. The molecule has 6 nitrogen and oxygen atoms in total. The van der Waals surface area contributed by atoms with E-state index in [1.165, 1.54) is 0 Å². The molecule has 0 fully saturated rings. The summed E-state index contributed by atoms with van der Waals surface area (Å²) in [6.07, 6.45) is 0. The van der Waals surface area contributed by atoms with E-state index in [9.17, 15) is 4.79 Å². The highest BCUT2D eigenvalue weighted by Crippen LogP contribution is 2.00. The molecule has 2 amide bonds. The monoisotopic (exact) mass is 183 g/mol. The Morgan fingerprint density at radius 3 is 1.85 bits per heavy atom. The summed E-state index contributed by atoms with van der Waals surface area (Å²) in [5.41, 5.74) is 9.55. The lowest BCUT2D eigenvalue weighted by molar-refractivity contribution is 0.249. The maximum atomic E-state index is 9.35. The summed E-state index contributed by atoms with van der Waals surface area (Å²) in [5.74, 6) is 9.55. The van der Waals surface area contributed by atoms with Gasteiger partial charge in [-0.15, -0.1) is 0 Å². The highest BCUT2D eigenvalue weighted by Gasteiger charge is 1.78. The molecule has 72 valence electrons. The van der Waals surface area contributed by atoms with E-state index in [1.807, 2.05) is 30.3 Å². The number of benzene rings is 1. The minimum absolute atomic E-state index is 0.718. The number of hydrogen-bond donors (Lipinski definition) is 5. The van der Waals surface area contributed by atoms with Crippen LogP contribution in [-0.2, 0) is 0 Å². The molecule has 0 aliphatic rings. The Bertz CT molecular complexity index is 238. The van der Waals surface area contributed by atoms with Gasteiger partial charge in [0.05, 0.1) is 0 Å². The number of nitrogen functional groups attached to an aromatic ring is 1. The van der Waals surface area contributed by atoms with Crippen LogP contribution < -0.4 is 28.3 Å². The van der Waals surface area contributed by atoms with Crippen molar-refractivity contribution in [1.82, 2.24) is 5.43 Å². The number of urea groups is 1. The Labute approximate surface area is 76.0 Å². The minimum Gasteiger partial charge on any atom is -0.351 e. The molecule has 0 aromatic heterocycles. The molecule has 0 saturated carbocycles. The summed E-state index contributed by atoms with van der Waals surface area (Å²) < 4.78 is 0. The Morgan fingerprint density at radius 1 is 1.15 bits per heavy atom. The van der Waals surface area contributed by atoms with Crippen LogP contribution in [0.3, 0.4) is 0 Å². The lowest BCUT2D eigenvalue weighted by Crippen LogP contribution is -2.34. The first-order valence-electron chi connectivity index (χ1n) is 3.48. The van der Waals surface area contributed by atoms with Crippen molar-refractivity contribution in [2.24, 2.45) is 17.4 Å². The summed E-state index contributed by atoms with van der Waals surface area (Å²) in [6, 6.07) is 8.88. The molecule has 1 aromatic rings. The SMILES string of the molecule is NNC(N)=O.NNc1ccccc1. The highest BCUT2D eigenvalue weighted by molar-refractivity contribution is 5.70. The largest absolute Gasteiger partial charge is 0.351 e. The Hall–Kier alpha value is -1.79. The average Bonchev–Trinajstić information content (AvgIpc) is 2.20. The Morgan fingerprint density at radius 2 is 1.62 bits per heavy atom. The third kappa shape index (κ3) is 6.60. The number of carbonyl (C=O) groups is 1. The Balaban J connectivity index is 0.000000252. The van der Waals surface area contributed by atoms with Gasteiger partial charge in [-0.05, 0) is 12.1 Å². The molecule has 0 aliphatic carbocycles. The van der Waals surface area contributed by atoms with Gasteiger partial charge in [0.2, 0.25) is 0 Å². The van der Waals surface area contributed by atoms with Gasteiger partial charge in [0.25, 0.3) is 0 Å². The average molecular weight is 183 g/mol. The first kappa shape index (κ1) is 11.2. The molecule has 0 heterocycles. The number of nitrogens with one attached hydrogen (secondary N) is 2. The van der Waals surface area contributed by atoms with E-state index in [-0.39, 0.29) is 0 Å². The van der Waals surface area contributed by atoms with Crippen molar-refractivity contribution in [3.63, 3.8) is 0 Å². The number of amides is 2. The number of rotatable bonds is 1. The molecular formula is C7H13N5O. The summed E-state index contributed by atoms with van der Waals surface area (Å²) in [4.78, 5) is 9.35. The van der Waals surface area contributed by atoms with Gasteiger partial charge >= 0.3 is 6.03 Å². The molecule has 0 atom stereocenters. The molecule has 0 saturated heterocycles. The van der Waals surface area contributed by atoms with E-state index in [0.29, 0.717) is 0 Å². The third-order valence-electron chi connectivity index (χ3n) is 1.08. The van der Waals surface area contributed by atoms with E-state index >= 15 is 0 Å². The lowest BCUT2D eigenvalue weighted by Gasteiger charge is -1.94. The molecule has 13 heavy (non-hydrogen) atoms. The zero-order chi connectivity index (χ0) is 10.1. The van der Waals surface area contributed by atoms with Gasteiger partial charge in [-0.25, -0.2) is 10.6 Å². The Kier molecular flexibility index (Phi) is 5.94. The number of para-hydroxylation sites is 1. The van der Waals surface area contributed by atoms with Crippen molar-refractivity contribution >= 4 is 11.7 Å². The van der Waals surface area contributed by atoms with Gasteiger partial charge in [-0.2, -0.15) is 0 Å². The summed E-state index contributed by atoms with van der Waals surface area (Å²) in [7, 11) is 0. The summed E-state index contributed by atoms with van der Waals surface area (Å²) in [5, 5.41) is 0. The van der Waals surface area contributed by atoms with Crippen LogP contribution in [0.2, 0.25) is 0 Å². The number of nitrogens with two attached hydrogens (primary N) is 3. The van der Waals surface area contributed by atoms with Gasteiger partial charge in [0, 0.05) is 5.69 Å². The van der Waals surface area contributed by atoms with Crippen molar-refractivity contribution in [3.8, 4) is 0 Å². The number of hydrazine groups is 2. The standard InChI is InChI=1S/C6H8N2.CH5N3O/c7-8-6-4-2-1-3-5-6;2-1(5)4-3/h1-5,8H,7H2;3H2,(H3,2,4,5). The van der Waals surface area contributed by atoms with Gasteiger partial charge in [0.1, 0.15) is 0 Å². The third-order valence-corrected chi connectivity index (χ3v) is 1.08. The van der Waals surface area contributed by atoms with Crippen LogP contribution in [-0.4, -0.2) is 6.03 Å². The number of anilines is 1. The lowest BCUT2D eigenvalue weighted by atomic mass is 10.3. The fourth-order valence-corrected chi connectivity index (χ4v) is 0.534. The first-order valence-corrected chi connectivity index (χ1v) is 3.48. The van der Waals surface area contributed by atoms with Crippen LogP contribution >= 0.6 is 0 Å². The van der Waals surface area contributed by atoms with E-state index < -0.39 is 6.03 Å². The number of primary amides is 1. The molecule has 6 heteroatoms. The zero-order valence-corrected chi connectivity index (χ0v) is 7.03. The quantitative estimate of drug-likeness (QED) is 0.229. The van der Waals surface area contributed by atoms with Gasteiger partial charge < -0.3 is 11.2 Å². The number of carbonyl (C=O) groups excluding carboxylic acids is 1. The molecule has 1 rings (SSSR count). The van der Waals surface area contributed by atoms with Crippen LogP contribution in [0.15, 0.2) is 30.3 Å². The maximum absolute atomic E-state index is 9.35. The van der Waals surface area contributed by atoms with Crippen LogP contribution in [0.25, 0.3) is 0 Å². The smallest absolute Gasteiger partial charge is 0.326 e. The molecule has 8 N–H and O–H groups in total. The van der Waals surface area contributed by atoms with Crippen LogP contribution in [0.5, 0.6) is 0 Å². The molecule has 0 aliphatic heterocycles. The normalized spacial score (nSPS) is 7.85. The van der Waals surface area contributed by atoms with Crippen molar-refractivity contribution in [2.45, 2.75) is 0 Å². The summed E-state index contributed by atoms with van der Waals surface area (Å²) in [6.45, 7) is 0. The van der Waals surface area contributed by atoms with Gasteiger partial charge in [0.15, 0.2) is 0 Å². The predicted molar refractivity (Wildman–Crippen MR) is 51.2 cm³/mol. The first-order chi connectivity index (χ1) is 6.20. The molecule has 1 aromatic carbocycles. The van der Waals surface area contributed by atoms with Crippen molar-refractivity contribution < 1.29 is 4.79 Å².